The fourth-order valence-electron chi connectivity index (χ4n) is 2.90. The molecule has 1 heterocycles. The summed E-state index contributed by atoms with van der Waals surface area (Å²) in [5, 5.41) is 3.50. The Kier molecular flexibility index (Phi) is 4.66. The van der Waals surface area contributed by atoms with Crippen molar-refractivity contribution in [1.29, 1.82) is 0 Å². The van der Waals surface area contributed by atoms with Gasteiger partial charge in [0.05, 0.1) is 6.04 Å². The van der Waals surface area contributed by atoms with Gasteiger partial charge < -0.3 is 10.2 Å². The largest absolute Gasteiger partial charge is 0.339 e. The zero-order chi connectivity index (χ0) is 13.1. The molecule has 104 valence electrons. The number of amides is 1. The van der Waals surface area contributed by atoms with Crippen LogP contribution in [0.3, 0.4) is 0 Å². The minimum atomic E-state index is 0.102. The van der Waals surface area contributed by atoms with Crippen LogP contribution < -0.4 is 5.32 Å². The van der Waals surface area contributed by atoms with E-state index in [2.05, 4.69) is 31.0 Å². The summed E-state index contributed by atoms with van der Waals surface area (Å²) in [6.07, 6.45) is 7.04. The van der Waals surface area contributed by atoms with Crippen LogP contribution in [0.1, 0.15) is 59.3 Å². The fraction of sp³-hybridized carbons (Fsp3) is 0.933. The van der Waals surface area contributed by atoms with Gasteiger partial charge in [0.25, 0.3) is 0 Å². The molecule has 1 saturated carbocycles. The molecule has 18 heavy (non-hydrogen) atoms. The Labute approximate surface area is 111 Å². The maximum absolute atomic E-state index is 12.5. The highest BCUT2D eigenvalue weighted by atomic mass is 16.2. The molecular weight excluding hydrogens is 224 g/mol. The van der Waals surface area contributed by atoms with E-state index in [0.29, 0.717) is 23.9 Å². The molecule has 0 bridgehead atoms. The lowest BCUT2D eigenvalue weighted by molar-refractivity contribution is -0.138. The van der Waals surface area contributed by atoms with Crippen molar-refractivity contribution < 1.29 is 4.79 Å². The predicted molar refractivity (Wildman–Crippen MR) is 74.4 cm³/mol. The first-order valence-electron chi connectivity index (χ1n) is 7.68. The Morgan fingerprint density at radius 3 is 2.67 bits per heavy atom. The normalized spacial score (nSPS) is 28.3. The van der Waals surface area contributed by atoms with Gasteiger partial charge in [0, 0.05) is 18.6 Å². The van der Waals surface area contributed by atoms with Gasteiger partial charge in [-0.15, -0.1) is 0 Å². The van der Waals surface area contributed by atoms with Crippen molar-refractivity contribution in [1.82, 2.24) is 10.2 Å². The van der Waals surface area contributed by atoms with Crippen LogP contribution in [0.25, 0.3) is 0 Å². The molecule has 0 aromatic heterocycles. The van der Waals surface area contributed by atoms with Gasteiger partial charge in [-0.3, -0.25) is 4.79 Å². The molecule has 0 aromatic carbocycles. The molecule has 1 aliphatic carbocycles. The van der Waals surface area contributed by atoms with E-state index < -0.39 is 0 Å². The number of hydrogen-bond acceptors (Lipinski definition) is 2. The van der Waals surface area contributed by atoms with E-state index in [9.17, 15) is 4.79 Å². The second kappa shape index (κ2) is 6.05. The van der Waals surface area contributed by atoms with Gasteiger partial charge in [-0.25, -0.2) is 0 Å². The number of rotatable bonds is 6. The highest BCUT2D eigenvalue weighted by molar-refractivity contribution is 5.83. The molecule has 2 rings (SSSR count). The van der Waals surface area contributed by atoms with Crippen molar-refractivity contribution >= 4 is 5.91 Å². The molecule has 1 N–H and O–H groups in total. The molecule has 0 radical (unpaired) electrons. The average molecular weight is 252 g/mol. The monoisotopic (exact) mass is 252 g/mol. The number of piperidine rings is 1. The topological polar surface area (TPSA) is 32.3 Å². The third-order valence-corrected chi connectivity index (χ3v) is 4.46. The molecule has 3 heteroatoms. The number of carbonyl (C=O) groups is 1. The number of carbonyl (C=O) groups excluding carboxylic acids is 1. The second-order valence-corrected chi connectivity index (χ2v) is 6.27. The maximum Gasteiger partial charge on any atom is 0.239 e. The molecule has 2 fully saturated rings. The molecule has 1 saturated heterocycles. The summed E-state index contributed by atoms with van der Waals surface area (Å²) in [6, 6.07) is 1.13. The smallest absolute Gasteiger partial charge is 0.239 e. The lowest BCUT2D eigenvalue weighted by Gasteiger charge is -2.37. The minimum Gasteiger partial charge on any atom is -0.339 e. The summed E-state index contributed by atoms with van der Waals surface area (Å²) >= 11 is 0. The van der Waals surface area contributed by atoms with Gasteiger partial charge in [0.2, 0.25) is 5.91 Å². The standard InChI is InChI=1S/C15H28N2O/c1-4-11(2)10-12(3)17-9-5-6-14(15(17)18)16-13-7-8-13/h11-14,16H,4-10H2,1-3H3. The minimum absolute atomic E-state index is 0.102. The summed E-state index contributed by atoms with van der Waals surface area (Å²) < 4.78 is 0. The first-order chi connectivity index (χ1) is 8.61. The molecule has 3 nitrogen and oxygen atoms in total. The van der Waals surface area contributed by atoms with Crippen LogP contribution >= 0.6 is 0 Å². The van der Waals surface area contributed by atoms with Crippen LogP contribution in [0.4, 0.5) is 0 Å². The van der Waals surface area contributed by atoms with Crippen molar-refractivity contribution in [3.63, 3.8) is 0 Å². The van der Waals surface area contributed by atoms with Crippen molar-refractivity contribution in [2.75, 3.05) is 6.54 Å². The molecule has 2 aliphatic rings. The maximum atomic E-state index is 12.5. The first-order valence-corrected chi connectivity index (χ1v) is 7.68. The van der Waals surface area contributed by atoms with Crippen LogP contribution in [-0.2, 0) is 4.79 Å². The lowest BCUT2D eigenvalue weighted by Crippen LogP contribution is -2.54. The third-order valence-electron chi connectivity index (χ3n) is 4.46. The molecule has 1 aliphatic heterocycles. The van der Waals surface area contributed by atoms with Crippen LogP contribution in [0, 0.1) is 5.92 Å². The van der Waals surface area contributed by atoms with Crippen molar-refractivity contribution in [2.24, 2.45) is 5.92 Å². The van der Waals surface area contributed by atoms with E-state index in [1.807, 2.05) is 0 Å². The van der Waals surface area contributed by atoms with Gasteiger partial charge >= 0.3 is 0 Å². The van der Waals surface area contributed by atoms with E-state index in [-0.39, 0.29) is 6.04 Å². The SMILES string of the molecule is CCC(C)CC(C)N1CCCC(NC2CC2)C1=O. The predicted octanol–water partition coefficient (Wildman–Crippen LogP) is 2.55. The molecule has 0 spiro atoms. The van der Waals surface area contributed by atoms with Gasteiger partial charge in [-0.2, -0.15) is 0 Å². The Morgan fingerprint density at radius 1 is 1.33 bits per heavy atom. The van der Waals surface area contributed by atoms with Crippen LogP contribution in [0.5, 0.6) is 0 Å². The van der Waals surface area contributed by atoms with E-state index in [1.165, 1.54) is 19.3 Å². The summed E-state index contributed by atoms with van der Waals surface area (Å²) in [6.45, 7) is 7.68. The molecule has 3 atom stereocenters. The quantitative estimate of drug-likeness (QED) is 0.788. The summed E-state index contributed by atoms with van der Waals surface area (Å²) in [7, 11) is 0. The van der Waals surface area contributed by atoms with Gasteiger partial charge in [0.1, 0.15) is 0 Å². The Hall–Kier alpha value is -0.570. The lowest BCUT2D eigenvalue weighted by atomic mass is 9.96. The highest BCUT2D eigenvalue weighted by Crippen LogP contribution is 2.24. The van der Waals surface area contributed by atoms with Crippen LogP contribution in [0.15, 0.2) is 0 Å². The number of nitrogens with zero attached hydrogens (tertiary/aromatic N) is 1. The zero-order valence-corrected chi connectivity index (χ0v) is 12.1. The number of hydrogen-bond donors (Lipinski definition) is 1. The van der Waals surface area contributed by atoms with Gasteiger partial charge in [-0.1, -0.05) is 20.3 Å². The number of likely N-dealkylation sites (tertiary alicyclic amines) is 1. The van der Waals surface area contributed by atoms with E-state index in [4.69, 9.17) is 0 Å². The molecule has 3 unspecified atom stereocenters. The van der Waals surface area contributed by atoms with Crippen LogP contribution in [0.2, 0.25) is 0 Å². The number of nitrogens with one attached hydrogen (secondary N) is 1. The van der Waals surface area contributed by atoms with E-state index in [0.717, 1.165) is 25.8 Å². The average Bonchev–Trinajstić information content (AvgIpc) is 3.15. The van der Waals surface area contributed by atoms with E-state index in [1.54, 1.807) is 0 Å². The summed E-state index contributed by atoms with van der Waals surface area (Å²) in [4.78, 5) is 14.6. The van der Waals surface area contributed by atoms with Gasteiger partial charge in [0.15, 0.2) is 0 Å². The molecular formula is C15H28N2O. The second-order valence-electron chi connectivity index (χ2n) is 6.27. The summed E-state index contributed by atoms with van der Waals surface area (Å²) in [5.41, 5.74) is 0. The third kappa shape index (κ3) is 3.47. The highest BCUT2D eigenvalue weighted by Gasteiger charge is 2.35. The Balaban J connectivity index is 1.88. The molecule has 1 amide bonds. The van der Waals surface area contributed by atoms with Crippen molar-refractivity contribution in [3.8, 4) is 0 Å². The summed E-state index contributed by atoms with van der Waals surface area (Å²) in [5.74, 6) is 1.06. The van der Waals surface area contributed by atoms with Crippen molar-refractivity contribution in [2.45, 2.75) is 77.4 Å². The Morgan fingerprint density at radius 2 is 2.06 bits per heavy atom. The van der Waals surface area contributed by atoms with E-state index >= 15 is 0 Å². The van der Waals surface area contributed by atoms with Crippen LogP contribution in [-0.4, -0.2) is 35.5 Å². The first kappa shape index (κ1) is 13.9. The van der Waals surface area contributed by atoms with Crippen molar-refractivity contribution in [3.05, 3.63) is 0 Å². The van der Waals surface area contributed by atoms with Gasteiger partial charge in [-0.05, 0) is 44.9 Å². The zero-order valence-electron chi connectivity index (χ0n) is 12.1. The fourth-order valence-corrected chi connectivity index (χ4v) is 2.90. The molecule has 0 aromatic rings. The Bertz CT molecular complexity index is 288.